The number of amides is 3. The van der Waals surface area contributed by atoms with Gasteiger partial charge < -0.3 is 20.7 Å². The highest BCUT2D eigenvalue weighted by molar-refractivity contribution is 7.98. The van der Waals surface area contributed by atoms with Gasteiger partial charge in [0.25, 0.3) is 0 Å². The van der Waals surface area contributed by atoms with Gasteiger partial charge in [0.1, 0.15) is 0 Å². The van der Waals surface area contributed by atoms with Crippen LogP contribution in [0, 0.1) is 0 Å². The Kier molecular flexibility index (Phi) is 5.33. The highest BCUT2D eigenvalue weighted by Gasteiger charge is 2.28. The van der Waals surface area contributed by atoms with Gasteiger partial charge in [-0.15, -0.1) is 11.8 Å². The van der Waals surface area contributed by atoms with E-state index < -0.39 is 12.0 Å². The zero-order valence-corrected chi connectivity index (χ0v) is 13.0. The number of nitrogens with zero attached hydrogens (tertiary/aromatic N) is 1. The molecule has 0 radical (unpaired) electrons. The van der Waals surface area contributed by atoms with Gasteiger partial charge >= 0.3 is 6.03 Å². The first kappa shape index (κ1) is 15.9. The third-order valence-corrected chi connectivity index (χ3v) is 4.11. The Hall–Kier alpha value is -1.44. The summed E-state index contributed by atoms with van der Waals surface area (Å²) in [4.78, 5) is 25.8. The summed E-state index contributed by atoms with van der Waals surface area (Å²) in [5, 5.41) is 3.35. The van der Waals surface area contributed by atoms with Crippen molar-refractivity contribution in [1.29, 1.82) is 0 Å². The van der Waals surface area contributed by atoms with Crippen molar-refractivity contribution in [1.82, 2.24) is 4.90 Å². The third-order valence-electron chi connectivity index (χ3n) is 3.07. The molecule has 8 heteroatoms. The number of nitrogens with one attached hydrogen (secondary N) is 1. The van der Waals surface area contributed by atoms with E-state index >= 15 is 0 Å². The topological polar surface area (TPSA) is 84.7 Å². The smallest absolute Gasteiger partial charge is 0.322 e. The highest BCUT2D eigenvalue weighted by atomic mass is 35.5. The fourth-order valence-electron chi connectivity index (χ4n) is 1.98. The lowest BCUT2D eigenvalue weighted by molar-refractivity contribution is -0.133. The summed E-state index contributed by atoms with van der Waals surface area (Å²) < 4.78 is 5.21. The van der Waals surface area contributed by atoms with Crippen molar-refractivity contribution in [2.45, 2.75) is 11.0 Å². The Balaban J connectivity index is 2.07. The maximum absolute atomic E-state index is 12.3. The molecule has 1 aromatic carbocycles. The Morgan fingerprint density at radius 2 is 2.29 bits per heavy atom. The highest BCUT2D eigenvalue weighted by Crippen LogP contribution is 2.28. The van der Waals surface area contributed by atoms with Crippen molar-refractivity contribution in [3.8, 4) is 0 Å². The van der Waals surface area contributed by atoms with Crippen molar-refractivity contribution >= 4 is 41.0 Å². The molecule has 3 N–H and O–H groups in total. The molecule has 0 aliphatic carbocycles. The molecule has 0 spiro atoms. The number of thioether (sulfide) groups is 1. The Morgan fingerprint density at radius 1 is 1.52 bits per heavy atom. The number of rotatable bonds is 3. The molecule has 0 aromatic heterocycles. The predicted octanol–water partition coefficient (Wildman–Crippen LogP) is 1.78. The summed E-state index contributed by atoms with van der Waals surface area (Å²) in [6, 6.07) is 4.99. The first-order valence-electron chi connectivity index (χ1n) is 6.31. The van der Waals surface area contributed by atoms with Crippen LogP contribution < -0.4 is 11.1 Å². The van der Waals surface area contributed by atoms with Gasteiger partial charge in [-0.1, -0.05) is 11.6 Å². The van der Waals surface area contributed by atoms with Crippen LogP contribution in [-0.2, 0) is 9.53 Å². The Bertz CT molecular complexity index is 555. The summed E-state index contributed by atoms with van der Waals surface area (Å²) in [5.41, 5.74) is 5.85. The van der Waals surface area contributed by atoms with Crippen LogP contribution in [0.4, 0.5) is 10.5 Å². The quantitative estimate of drug-likeness (QED) is 0.828. The van der Waals surface area contributed by atoms with Crippen LogP contribution in [0.1, 0.15) is 0 Å². The molecule has 6 nitrogen and oxygen atoms in total. The zero-order chi connectivity index (χ0) is 15.4. The number of primary amides is 1. The minimum absolute atomic E-state index is 0.149. The van der Waals surface area contributed by atoms with Crippen LogP contribution in [0.15, 0.2) is 23.1 Å². The van der Waals surface area contributed by atoms with Crippen LogP contribution in [0.2, 0.25) is 5.02 Å². The molecular formula is C13H16ClN3O3S. The standard InChI is InChI=1S/C13H16ClN3O3S/c1-21-11-3-2-8(14)6-9(11)16-13(19)17-4-5-20-10(7-17)12(15)18/h2-3,6,10H,4-5,7H2,1H3,(H2,15,18)(H,16,19). The van der Waals surface area contributed by atoms with Gasteiger partial charge in [0.15, 0.2) is 6.10 Å². The molecule has 1 unspecified atom stereocenters. The van der Waals surface area contributed by atoms with Gasteiger partial charge in [0, 0.05) is 16.5 Å². The van der Waals surface area contributed by atoms with Crippen LogP contribution in [0.5, 0.6) is 0 Å². The summed E-state index contributed by atoms with van der Waals surface area (Å²) in [6.07, 6.45) is 1.15. The molecule has 1 atom stereocenters. The SMILES string of the molecule is CSc1ccc(Cl)cc1NC(=O)N1CCOC(C(N)=O)C1. The molecule has 0 saturated carbocycles. The normalized spacial score (nSPS) is 18.4. The third kappa shape index (κ3) is 4.03. The van der Waals surface area contributed by atoms with Gasteiger partial charge in [-0.3, -0.25) is 4.79 Å². The van der Waals surface area contributed by atoms with Gasteiger partial charge in [-0.05, 0) is 24.5 Å². The summed E-state index contributed by atoms with van der Waals surface area (Å²) in [6.45, 7) is 0.840. The number of urea groups is 1. The molecule has 21 heavy (non-hydrogen) atoms. The summed E-state index contributed by atoms with van der Waals surface area (Å²) in [7, 11) is 0. The number of hydrogen-bond acceptors (Lipinski definition) is 4. The van der Waals surface area contributed by atoms with Gasteiger partial charge in [-0.25, -0.2) is 4.79 Å². The number of morpholine rings is 1. The number of hydrogen-bond donors (Lipinski definition) is 2. The number of carbonyl (C=O) groups excluding carboxylic acids is 2. The van der Waals surface area contributed by atoms with E-state index in [1.54, 1.807) is 12.1 Å². The largest absolute Gasteiger partial charge is 0.367 e. The van der Waals surface area contributed by atoms with E-state index in [0.29, 0.717) is 17.3 Å². The molecule has 2 rings (SSSR count). The van der Waals surface area contributed by atoms with Crippen LogP contribution in [-0.4, -0.2) is 48.9 Å². The Labute approximate surface area is 131 Å². The van der Waals surface area contributed by atoms with E-state index in [1.165, 1.54) is 16.7 Å². The number of nitrogens with two attached hydrogens (primary N) is 1. The lowest BCUT2D eigenvalue weighted by Crippen LogP contribution is -2.51. The van der Waals surface area contributed by atoms with E-state index in [-0.39, 0.29) is 19.2 Å². The molecule has 1 saturated heterocycles. The maximum atomic E-state index is 12.3. The number of anilines is 1. The number of carbonyl (C=O) groups is 2. The van der Waals surface area contributed by atoms with Gasteiger partial charge in [-0.2, -0.15) is 0 Å². The lowest BCUT2D eigenvalue weighted by Gasteiger charge is -2.31. The van der Waals surface area contributed by atoms with E-state index in [4.69, 9.17) is 22.1 Å². The second-order valence-electron chi connectivity index (χ2n) is 4.48. The average molecular weight is 330 g/mol. The van der Waals surface area contributed by atoms with Crippen molar-refractivity contribution < 1.29 is 14.3 Å². The van der Waals surface area contributed by atoms with E-state index in [0.717, 1.165) is 4.90 Å². The maximum Gasteiger partial charge on any atom is 0.322 e. The average Bonchev–Trinajstić information content (AvgIpc) is 2.47. The number of halogens is 1. The fourth-order valence-corrected chi connectivity index (χ4v) is 2.68. The molecule has 1 aliphatic heterocycles. The van der Waals surface area contributed by atoms with Crippen LogP contribution >= 0.6 is 23.4 Å². The van der Waals surface area contributed by atoms with Crippen molar-refractivity contribution in [2.75, 3.05) is 31.3 Å². The molecule has 0 bridgehead atoms. The predicted molar refractivity (Wildman–Crippen MR) is 82.8 cm³/mol. The molecule has 1 aromatic rings. The first-order valence-corrected chi connectivity index (χ1v) is 7.92. The van der Waals surface area contributed by atoms with Gasteiger partial charge in [0.2, 0.25) is 5.91 Å². The minimum atomic E-state index is -0.760. The first-order chi connectivity index (χ1) is 10.0. The molecular weight excluding hydrogens is 314 g/mol. The summed E-state index contributed by atoms with van der Waals surface area (Å²) >= 11 is 7.46. The van der Waals surface area contributed by atoms with Crippen LogP contribution in [0.25, 0.3) is 0 Å². The zero-order valence-electron chi connectivity index (χ0n) is 11.5. The second kappa shape index (κ2) is 7.02. The fraction of sp³-hybridized carbons (Fsp3) is 0.385. The molecule has 1 heterocycles. The van der Waals surface area contributed by atoms with E-state index in [2.05, 4.69) is 5.32 Å². The van der Waals surface area contributed by atoms with Crippen LogP contribution in [0.3, 0.4) is 0 Å². The Morgan fingerprint density at radius 3 is 2.95 bits per heavy atom. The second-order valence-corrected chi connectivity index (χ2v) is 5.77. The van der Waals surface area contributed by atoms with Crippen molar-refractivity contribution in [2.24, 2.45) is 5.73 Å². The molecule has 114 valence electrons. The van der Waals surface area contributed by atoms with Crippen molar-refractivity contribution in [3.05, 3.63) is 23.2 Å². The molecule has 1 aliphatic rings. The monoisotopic (exact) mass is 329 g/mol. The molecule has 3 amide bonds. The van der Waals surface area contributed by atoms with E-state index in [1.807, 2.05) is 12.3 Å². The summed E-state index contributed by atoms with van der Waals surface area (Å²) in [5.74, 6) is -0.569. The lowest BCUT2D eigenvalue weighted by atomic mass is 10.2. The minimum Gasteiger partial charge on any atom is -0.367 e. The van der Waals surface area contributed by atoms with Crippen molar-refractivity contribution in [3.63, 3.8) is 0 Å². The van der Waals surface area contributed by atoms with Gasteiger partial charge in [0.05, 0.1) is 18.8 Å². The van der Waals surface area contributed by atoms with E-state index in [9.17, 15) is 9.59 Å². The number of ether oxygens (including phenoxy) is 1. The number of benzene rings is 1. The molecule has 1 fully saturated rings.